The lowest BCUT2D eigenvalue weighted by molar-refractivity contribution is -0.134. The predicted molar refractivity (Wildman–Crippen MR) is 144 cm³/mol. The SMILES string of the molecule is CO[C@H]1CCN(c2cc(C(=O)N[C@@H](CCP(=O)(O)O)C(=O)N3CCN(C(=O)O)CC3)nc(-c3ccc(F)cc3)n2)C1. The second-order valence-electron chi connectivity index (χ2n) is 9.83. The molecule has 4 rings (SSSR count). The Morgan fingerprint density at radius 1 is 1.10 bits per heavy atom. The number of nitrogens with one attached hydrogen (secondary N) is 1. The highest BCUT2D eigenvalue weighted by Gasteiger charge is 2.32. The Kier molecular flexibility index (Phi) is 9.53. The van der Waals surface area contributed by atoms with Crippen molar-refractivity contribution in [2.24, 2.45) is 0 Å². The zero-order valence-electron chi connectivity index (χ0n) is 22.3. The fourth-order valence-electron chi connectivity index (χ4n) is 4.69. The fraction of sp³-hybridized carbons (Fsp3) is 0.480. The minimum atomic E-state index is -4.50. The number of methoxy groups -OCH3 is 1. The molecule has 0 saturated carbocycles. The van der Waals surface area contributed by atoms with Gasteiger partial charge in [-0.25, -0.2) is 19.2 Å². The molecule has 0 radical (unpaired) electrons. The number of carbonyl (C=O) groups is 3. The third-order valence-corrected chi connectivity index (χ3v) is 7.87. The van der Waals surface area contributed by atoms with Gasteiger partial charge in [-0.1, -0.05) is 0 Å². The third kappa shape index (κ3) is 7.97. The molecule has 3 amide bonds. The van der Waals surface area contributed by atoms with Crippen LogP contribution in [0, 0.1) is 5.82 Å². The Balaban J connectivity index is 1.60. The van der Waals surface area contributed by atoms with Crippen molar-refractivity contribution in [1.29, 1.82) is 0 Å². The zero-order valence-corrected chi connectivity index (χ0v) is 23.2. The summed E-state index contributed by atoms with van der Waals surface area (Å²) in [6.07, 6.45) is -1.41. The van der Waals surface area contributed by atoms with Gasteiger partial charge in [-0.3, -0.25) is 14.2 Å². The number of benzene rings is 1. The maximum Gasteiger partial charge on any atom is 0.407 e. The van der Waals surface area contributed by atoms with Gasteiger partial charge in [0.25, 0.3) is 5.91 Å². The number of piperazine rings is 1. The molecule has 16 heteroatoms. The van der Waals surface area contributed by atoms with E-state index in [2.05, 4.69) is 15.3 Å². The molecule has 2 fully saturated rings. The van der Waals surface area contributed by atoms with E-state index in [1.54, 1.807) is 7.11 Å². The van der Waals surface area contributed by atoms with Crippen LogP contribution >= 0.6 is 7.60 Å². The van der Waals surface area contributed by atoms with Crippen molar-refractivity contribution >= 4 is 31.3 Å². The molecule has 0 unspecified atom stereocenters. The quantitative estimate of drug-likeness (QED) is 0.304. The lowest BCUT2D eigenvalue weighted by Gasteiger charge is -2.35. The van der Waals surface area contributed by atoms with E-state index in [9.17, 15) is 38.2 Å². The standard InChI is InChI=1S/C25H32FN6O8P/c1-40-18-6-8-32(15-18)21-14-20(27-22(29-21)16-2-4-17(26)5-3-16)23(33)28-19(7-13-41(37,38)39)24(34)30-9-11-31(12-10-30)25(35)36/h2-5,14,18-19H,6-13,15H2,1H3,(H,28,33)(H,35,36)(H2,37,38,39)/t18-,19-/m0/s1. The average molecular weight is 595 g/mol. The lowest BCUT2D eigenvalue weighted by atomic mass is 10.1. The second kappa shape index (κ2) is 12.9. The summed E-state index contributed by atoms with van der Waals surface area (Å²) in [6, 6.07) is 5.58. The molecular weight excluding hydrogens is 562 g/mol. The van der Waals surface area contributed by atoms with Crippen LogP contribution in [0.2, 0.25) is 0 Å². The number of nitrogens with zero attached hydrogens (tertiary/aromatic N) is 5. The number of hydrogen-bond donors (Lipinski definition) is 4. The molecule has 0 bridgehead atoms. The molecular formula is C25H32FN6O8P. The van der Waals surface area contributed by atoms with Crippen LogP contribution in [-0.2, 0) is 14.1 Å². The van der Waals surface area contributed by atoms with E-state index < -0.39 is 43.5 Å². The first kappa shape index (κ1) is 30.3. The summed E-state index contributed by atoms with van der Waals surface area (Å²) in [6.45, 7) is 1.38. The van der Waals surface area contributed by atoms with Crippen molar-refractivity contribution in [2.45, 2.75) is 25.0 Å². The summed E-state index contributed by atoms with van der Waals surface area (Å²) in [7, 11) is -2.90. The molecule has 4 N–H and O–H groups in total. The van der Waals surface area contributed by atoms with Crippen LogP contribution in [0.4, 0.5) is 15.0 Å². The van der Waals surface area contributed by atoms with Crippen molar-refractivity contribution < 1.29 is 43.0 Å². The smallest absolute Gasteiger partial charge is 0.407 e. The number of aromatic nitrogens is 2. The molecule has 2 aliphatic rings. The van der Waals surface area contributed by atoms with E-state index in [-0.39, 0.29) is 50.2 Å². The fourth-order valence-corrected chi connectivity index (χ4v) is 5.29. The van der Waals surface area contributed by atoms with Crippen molar-refractivity contribution in [3.63, 3.8) is 0 Å². The van der Waals surface area contributed by atoms with Crippen molar-refractivity contribution in [3.05, 3.63) is 41.8 Å². The van der Waals surface area contributed by atoms with E-state index in [0.717, 1.165) is 11.3 Å². The van der Waals surface area contributed by atoms with Crippen LogP contribution in [0.5, 0.6) is 0 Å². The summed E-state index contributed by atoms with van der Waals surface area (Å²) in [5.41, 5.74) is 0.357. The van der Waals surface area contributed by atoms with Gasteiger partial charge in [0.05, 0.1) is 12.3 Å². The van der Waals surface area contributed by atoms with Gasteiger partial charge >= 0.3 is 13.7 Å². The molecule has 1 aromatic heterocycles. The maximum atomic E-state index is 13.6. The monoisotopic (exact) mass is 594 g/mol. The second-order valence-corrected chi connectivity index (χ2v) is 11.6. The van der Waals surface area contributed by atoms with Gasteiger partial charge in [-0.15, -0.1) is 0 Å². The highest BCUT2D eigenvalue weighted by molar-refractivity contribution is 7.51. The van der Waals surface area contributed by atoms with Gasteiger partial charge in [0, 0.05) is 58.0 Å². The highest BCUT2D eigenvalue weighted by atomic mass is 31.2. The normalized spacial score (nSPS) is 18.3. The van der Waals surface area contributed by atoms with Crippen LogP contribution in [-0.4, -0.2) is 117 Å². The van der Waals surface area contributed by atoms with Crippen LogP contribution in [0.3, 0.4) is 0 Å². The minimum absolute atomic E-state index is 0.0345. The molecule has 222 valence electrons. The highest BCUT2D eigenvalue weighted by Crippen LogP contribution is 2.35. The molecule has 2 saturated heterocycles. The van der Waals surface area contributed by atoms with Gasteiger partial charge in [0.2, 0.25) is 5.91 Å². The number of halogens is 1. The Morgan fingerprint density at radius 2 is 1.76 bits per heavy atom. The van der Waals surface area contributed by atoms with Crippen molar-refractivity contribution in [3.8, 4) is 11.4 Å². The van der Waals surface area contributed by atoms with Crippen LogP contribution in [0.25, 0.3) is 11.4 Å². The van der Waals surface area contributed by atoms with Gasteiger partial charge in [0.15, 0.2) is 5.82 Å². The first-order chi connectivity index (χ1) is 19.4. The van der Waals surface area contributed by atoms with Crippen LogP contribution < -0.4 is 10.2 Å². The largest absolute Gasteiger partial charge is 0.465 e. The first-order valence-electron chi connectivity index (χ1n) is 13.0. The number of rotatable bonds is 9. The Hall–Kier alpha value is -3.65. The number of carbonyl (C=O) groups excluding carboxylic acids is 2. The Morgan fingerprint density at radius 3 is 2.34 bits per heavy atom. The number of ether oxygens (including phenoxy) is 1. The molecule has 0 spiro atoms. The molecule has 14 nitrogen and oxygen atoms in total. The van der Waals surface area contributed by atoms with Crippen LogP contribution in [0.15, 0.2) is 30.3 Å². The molecule has 2 aromatic rings. The van der Waals surface area contributed by atoms with Crippen molar-refractivity contribution in [1.82, 2.24) is 25.1 Å². The number of anilines is 1. The predicted octanol–water partition coefficient (Wildman–Crippen LogP) is 0.996. The molecule has 1 aromatic carbocycles. The van der Waals surface area contributed by atoms with E-state index in [1.165, 1.54) is 35.2 Å². The lowest BCUT2D eigenvalue weighted by Crippen LogP contribution is -2.56. The van der Waals surface area contributed by atoms with E-state index in [1.807, 2.05) is 4.90 Å². The summed E-state index contributed by atoms with van der Waals surface area (Å²) < 4.78 is 30.6. The van der Waals surface area contributed by atoms with Crippen LogP contribution in [0.1, 0.15) is 23.3 Å². The minimum Gasteiger partial charge on any atom is -0.465 e. The van der Waals surface area contributed by atoms with Gasteiger partial charge < -0.3 is 39.6 Å². The molecule has 3 heterocycles. The summed E-state index contributed by atoms with van der Waals surface area (Å²) >= 11 is 0. The number of carboxylic acid groups (broad SMARTS) is 1. The van der Waals surface area contributed by atoms with Crippen molar-refractivity contribution in [2.75, 3.05) is 57.4 Å². The molecule has 0 aliphatic carbocycles. The van der Waals surface area contributed by atoms with E-state index >= 15 is 0 Å². The molecule has 41 heavy (non-hydrogen) atoms. The van der Waals surface area contributed by atoms with Gasteiger partial charge in [-0.2, -0.15) is 0 Å². The summed E-state index contributed by atoms with van der Waals surface area (Å²) in [5.74, 6) is -1.25. The molecule has 2 atom stereocenters. The maximum absolute atomic E-state index is 13.6. The number of hydrogen-bond acceptors (Lipinski definition) is 8. The summed E-state index contributed by atoms with van der Waals surface area (Å²) in [5, 5.41) is 11.7. The number of amides is 3. The Labute approximate surface area is 235 Å². The van der Waals surface area contributed by atoms with E-state index in [4.69, 9.17) is 4.74 Å². The topological polar surface area (TPSA) is 186 Å². The summed E-state index contributed by atoms with van der Waals surface area (Å²) in [4.78, 5) is 70.2. The molecule has 2 aliphatic heterocycles. The first-order valence-corrected chi connectivity index (χ1v) is 14.8. The Bertz CT molecular complexity index is 1320. The average Bonchev–Trinajstić information content (AvgIpc) is 3.44. The zero-order chi connectivity index (χ0) is 29.7. The van der Waals surface area contributed by atoms with E-state index in [0.29, 0.717) is 24.5 Å². The van der Waals surface area contributed by atoms with Gasteiger partial charge in [-0.05, 0) is 37.1 Å². The van der Waals surface area contributed by atoms with Gasteiger partial charge in [0.1, 0.15) is 23.4 Å². The third-order valence-electron chi connectivity index (χ3n) is 7.02.